The molecule has 0 atom stereocenters. The predicted molar refractivity (Wildman–Crippen MR) is 123 cm³/mol. The third kappa shape index (κ3) is 4.37. The van der Waals surface area contributed by atoms with Crippen LogP contribution in [0.4, 0.5) is 24.8 Å². The van der Waals surface area contributed by atoms with E-state index in [9.17, 15) is 27.9 Å². The van der Waals surface area contributed by atoms with E-state index in [4.69, 9.17) is 0 Å². The van der Waals surface area contributed by atoms with Crippen molar-refractivity contribution in [2.24, 2.45) is 0 Å². The Labute approximate surface area is 198 Å². The van der Waals surface area contributed by atoms with Gasteiger partial charge in [-0.1, -0.05) is 6.07 Å². The number of anilines is 2. The molecule has 2 aromatic carbocycles. The molecule has 3 aromatic rings. The van der Waals surface area contributed by atoms with Crippen LogP contribution in [0.2, 0.25) is 0 Å². The minimum absolute atomic E-state index is 0.0223. The average molecular weight is 487 g/mol. The molecule has 2 heterocycles. The third-order valence-corrected chi connectivity index (χ3v) is 6.49. The standard InChI is InChI=1S/C24H24F3N5O3/c25-24(26,27)16-4-1-3-15(11-16)21(35)30-22-29-18-12-17(5-6-19(18)31(22)9-2-10-33)32-20(34)13-28-14-23(32)7-8-23/h1,3-6,11-12,28,33H,2,7-10,13-14H2,(H,29,30,35). The van der Waals surface area contributed by atoms with Crippen LogP contribution in [0.5, 0.6) is 0 Å². The minimum Gasteiger partial charge on any atom is -0.396 e. The van der Waals surface area contributed by atoms with Gasteiger partial charge in [0.2, 0.25) is 11.9 Å². The Balaban J connectivity index is 1.49. The van der Waals surface area contributed by atoms with Crippen molar-refractivity contribution in [1.29, 1.82) is 0 Å². The summed E-state index contributed by atoms with van der Waals surface area (Å²) in [5.41, 5.74) is 0.629. The Hall–Kier alpha value is -3.44. The van der Waals surface area contributed by atoms with Crippen LogP contribution in [-0.4, -0.2) is 51.7 Å². The lowest BCUT2D eigenvalue weighted by Crippen LogP contribution is -2.57. The molecule has 0 unspecified atom stereocenters. The van der Waals surface area contributed by atoms with Crippen LogP contribution in [-0.2, 0) is 17.5 Å². The largest absolute Gasteiger partial charge is 0.416 e. The number of alkyl halides is 3. The number of benzene rings is 2. The molecule has 3 N–H and O–H groups in total. The molecule has 1 aliphatic heterocycles. The van der Waals surface area contributed by atoms with E-state index in [0.717, 1.165) is 31.5 Å². The summed E-state index contributed by atoms with van der Waals surface area (Å²) in [6.07, 6.45) is -2.36. The van der Waals surface area contributed by atoms with E-state index in [2.05, 4.69) is 15.6 Å². The average Bonchev–Trinajstić information content (AvgIpc) is 3.49. The number of aryl methyl sites for hydroxylation is 1. The highest BCUT2D eigenvalue weighted by atomic mass is 19.4. The Kier molecular flexibility index (Phi) is 5.76. The van der Waals surface area contributed by atoms with E-state index in [0.29, 0.717) is 29.7 Å². The molecule has 2 aliphatic rings. The van der Waals surface area contributed by atoms with Crippen LogP contribution in [0.1, 0.15) is 35.2 Å². The van der Waals surface area contributed by atoms with Gasteiger partial charge in [-0.15, -0.1) is 0 Å². The first-order chi connectivity index (χ1) is 16.7. The van der Waals surface area contributed by atoms with Crippen molar-refractivity contribution in [2.75, 3.05) is 29.9 Å². The SMILES string of the molecule is O=C(Nc1nc2cc(N3C(=O)CNCC34CC4)ccc2n1CCCO)c1cccc(C(F)(F)F)c1. The van der Waals surface area contributed by atoms with E-state index in [-0.39, 0.29) is 36.1 Å². The van der Waals surface area contributed by atoms with Gasteiger partial charge in [0.25, 0.3) is 5.91 Å². The number of imidazole rings is 1. The molecule has 2 amide bonds. The zero-order chi connectivity index (χ0) is 24.8. The summed E-state index contributed by atoms with van der Waals surface area (Å²) < 4.78 is 40.9. The molecule has 35 heavy (non-hydrogen) atoms. The van der Waals surface area contributed by atoms with Crippen LogP contribution in [0.15, 0.2) is 42.5 Å². The predicted octanol–water partition coefficient (Wildman–Crippen LogP) is 3.16. The van der Waals surface area contributed by atoms with Gasteiger partial charge in [-0.3, -0.25) is 14.9 Å². The van der Waals surface area contributed by atoms with Crippen molar-refractivity contribution in [3.8, 4) is 0 Å². The molecule has 1 aliphatic carbocycles. The minimum atomic E-state index is -4.57. The molecule has 1 aromatic heterocycles. The molecule has 1 saturated heterocycles. The number of aliphatic hydroxyl groups is 1. The quantitative estimate of drug-likeness (QED) is 0.496. The van der Waals surface area contributed by atoms with E-state index in [1.165, 1.54) is 12.1 Å². The second kappa shape index (κ2) is 8.65. The highest BCUT2D eigenvalue weighted by molar-refractivity contribution is 6.04. The van der Waals surface area contributed by atoms with E-state index in [1.807, 2.05) is 11.0 Å². The summed E-state index contributed by atoms with van der Waals surface area (Å²) in [7, 11) is 0. The van der Waals surface area contributed by atoms with Crippen molar-refractivity contribution >= 4 is 34.5 Å². The van der Waals surface area contributed by atoms with Crippen LogP contribution < -0.4 is 15.5 Å². The Bertz CT molecular complexity index is 1300. The van der Waals surface area contributed by atoms with E-state index >= 15 is 0 Å². The number of carbonyl (C=O) groups is 2. The summed E-state index contributed by atoms with van der Waals surface area (Å²) >= 11 is 0. The highest BCUT2D eigenvalue weighted by Crippen LogP contribution is 2.45. The number of piperazine rings is 1. The fourth-order valence-electron chi connectivity index (χ4n) is 4.61. The molecule has 1 spiro atoms. The number of hydrogen-bond donors (Lipinski definition) is 3. The number of aliphatic hydroxyl groups excluding tert-OH is 1. The number of hydrogen-bond acceptors (Lipinski definition) is 5. The van der Waals surface area contributed by atoms with Crippen molar-refractivity contribution in [2.45, 2.75) is 37.5 Å². The number of fused-ring (bicyclic) bond motifs is 1. The lowest BCUT2D eigenvalue weighted by Gasteiger charge is -2.36. The maximum absolute atomic E-state index is 13.1. The summed E-state index contributed by atoms with van der Waals surface area (Å²) in [6, 6.07) is 9.60. The number of nitrogens with zero attached hydrogens (tertiary/aromatic N) is 3. The molecule has 1 saturated carbocycles. The molecule has 184 valence electrons. The topological polar surface area (TPSA) is 99.5 Å². The fraction of sp³-hybridized carbons (Fsp3) is 0.375. The number of carbonyl (C=O) groups excluding carboxylic acids is 2. The number of halogens is 3. The van der Waals surface area contributed by atoms with E-state index in [1.54, 1.807) is 16.7 Å². The summed E-state index contributed by atoms with van der Waals surface area (Å²) in [4.78, 5) is 31.8. The van der Waals surface area contributed by atoms with Gasteiger partial charge in [0.15, 0.2) is 0 Å². The third-order valence-electron chi connectivity index (χ3n) is 6.49. The Morgan fingerprint density at radius 3 is 2.71 bits per heavy atom. The zero-order valence-corrected chi connectivity index (χ0v) is 18.7. The fourth-order valence-corrected chi connectivity index (χ4v) is 4.61. The molecule has 5 rings (SSSR count). The van der Waals surface area contributed by atoms with Crippen molar-refractivity contribution in [1.82, 2.24) is 14.9 Å². The summed E-state index contributed by atoms with van der Waals surface area (Å²) in [6.45, 7) is 1.22. The van der Waals surface area contributed by atoms with Crippen LogP contribution in [0.3, 0.4) is 0 Å². The first-order valence-corrected chi connectivity index (χ1v) is 11.4. The molecule has 0 radical (unpaired) electrons. The number of amides is 2. The van der Waals surface area contributed by atoms with Gasteiger partial charge in [-0.2, -0.15) is 13.2 Å². The van der Waals surface area contributed by atoms with Gasteiger partial charge in [-0.05, 0) is 55.7 Å². The molecular weight excluding hydrogens is 463 g/mol. The highest BCUT2D eigenvalue weighted by Gasteiger charge is 2.52. The van der Waals surface area contributed by atoms with Gasteiger partial charge >= 0.3 is 6.18 Å². The lowest BCUT2D eigenvalue weighted by atomic mass is 10.1. The van der Waals surface area contributed by atoms with Crippen LogP contribution in [0.25, 0.3) is 11.0 Å². The van der Waals surface area contributed by atoms with Gasteiger partial charge in [0.05, 0.1) is 28.7 Å². The Morgan fingerprint density at radius 2 is 2.00 bits per heavy atom. The van der Waals surface area contributed by atoms with Crippen molar-refractivity contribution in [3.63, 3.8) is 0 Å². The second-order valence-electron chi connectivity index (χ2n) is 8.93. The van der Waals surface area contributed by atoms with E-state index < -0.39 is 17.6 Å². The summed E-state index contributed by atoms with van der Waals surface area (Å²) in [5, 5.41) is 15.1. The van der Waals surface area contributed by atoms with Crippen LogP contribution in [0, 0.1) is 0 Å². The molecule has 8 nitrogen and oxygen atoms in total. The van der Waals surface area contributed by atoms with Crippen molar-refractivity contribution < 1.29 is 27.9 Å². The normalized spacial score (nSPS) is 17.3. The number of nitrogens with one attached hydrogen (secondary N) is 2. The number of aromatic nitrogens is 2. The molecule has 11 heteroatoms. The first-order valence-electron chi connectivity index (χ1n) is 11.4. The summed E-state index contributed by atoms with van der Waals surface area (Å²) in [5.74, 6) is -0.599. The van der Waals surface area contributed by atoms with Crippen LogP contribution >= 0.6 is 0 Å². The lowest BCUT2D eigenvalue weighted by molar-refractivity contribution is -0.137. The molecular formula is C24H24F3N5O3. The Morgan fingerprint density at radius 1 is 1.20 bits per heavy atom. The van der Waals surface area contributed by atoms with Gasteiger partial charge < -0.3 is 19.9 Å². The maximum Gasteiger partial charge on any atom is 0.416 e. The monoisotopic (exact) mass is 487 g/mol. The first kappa shape index (κ1) is 23.3. The molecule has 0 bridgehead atoms. The second-order valence-corrected chi connectivity index (χ2v) is 8.93. The zero-order valence-electron chi connectivity index (χ0n) is 18.7. The number of rotatable bonds is 6. The smallest absolute Gasteiger partial charge is 0.396 e. The molecule has 2 fully saturated rings. The maximum atomic E-state index is 13.1. The van der Waals surface area contributed by atoms with Gasteiger partial charge in [-0.25, -0.2) is 4.98 Å². The van der Waals surface area contributed by atoms with Crippen molar-refractivity contribution in [3.05, 3.63) is 53.6 Å². The van der Waals surface area contributed by atoms with Gasteiger partial charge in [0.1, 0.15) is 0 Å². The van der Waals surface area contributed by atoms with Gasteiger partial charge in [0, 0.05) is 30.9 Å².